The van der Waals surface area contributed by atoms with E-state index in [1.165, 1.54) is 6.07 Å². The van der Waals surface area contributed by atoms with Gasteiger partial charge in [0.25, 0.3) is 0 Å². The molecule has 0 bridgehead atoms. The van der Waals surface area contributed by atoms with E-state index in [1.807, 2.05) is 0 Å². The number of hydrogen-bond donors (Lipinski definition) is 1. The average molecular weight is 239 g/mol. The third-order valence-corrected chi connectivity index (χ3v) is 2.84. The summed E-state index contributed by atoms with van der Waals surface area (Å²) in [4.78, 5) is 0. The highest BCUT2D eigenvalue weighted by Crippen LogP contribution is 2.27. The minimum absolute atomic E-state index is 0.0985. The van der Waals surface area contributed by atoms with Crippen LogP contribution in [0.4, 0.5) is 8.78 Å². The van der Waals surface area contributed by atoms with Crippen molar-refractivity contribution in [3.63, 3.8) is 0 Å². The SMILES string of the molecule is Fc1cc(F)c2cc(C3COCCN3)oc2c1. The lowest BCUT2D eigenvalue weighted by Crippen LogP contribution is -2.34. The van der Waals surface area contributed by atoms with E-state index in [2.05, 4.69) is 5.32 Å². The van der Waals surface area contributed by atoms with Crippen molar-refractivity contribution in [2.45, 2.75) is 6.04 Å². The van der Waals surface area contributed by atoms with Gasteiger partial charge in [-0.2, -0.15) is 0 Å². The molecule has 2 heterocycles. The van der Waals surface area contributed by atoms with Crippen molar-refractivity contribution in [3.8, 4) is 0 Å². The zero-order valence-corrected chi connectivity index (χ0v) is 9.00. The molecule has 17 heavy (non-hydrogen) atoms. The van der Waals surface area contributed by atoms with Gasteiger partial charge in [-0.1, -0.05) is 0 Å². The van der Waals surface area contributed by atoms with E-state index >= 15 is 0 Å². The lowest BCUT2D eigenvalue weighted by Gasteiger charge is -2.21. The molecule has 0 radical (unpaired) electrons. The van der Waals surface area contributed by atoms with E-state index in [4.69, 9.17) is 9.15 Å². The number of rotatable bonds is 1. The summed E-state index contributed by atoms with van der Waals surface area (Å²) in [5, 5.41) is 3.50. The zero-order chi connectivity index (χ0) is 11.8. The fourth-order valence-corrected chi connectivity index (χ4v) is 2.00. The second kappa shape index (κ2) is 4.09. The Morgan fingerprint density at radius 2 is 2.12 bits per heavy atom. The van der Waals surface area contributed by atoms with Crippen molar-refractivity contribution < 1.29 is 17.9 Å². The molecule has 3 rings (SSSR count). The standard InChI is InChI=1S/C12H11F2NO2/c13-7-3-9(14)8-5-12(17-11(8)4-7)10-6-16-2-1-15-10/h3-5,10,15H,1-2,6H2. The summed E-state index contributed by atoms with van der Waals surface area (Å²) in [5.74, 6) is -0.667. The quantitative estimate of drug-likeness (QED) is 0.829. The van der Waals surface area contributed by atoms with Crippen LogP contribution in [0, 0.1) is 11.6 Å². The molecule has 0 saturated carbocycles. The monoisotopic (exact) mass is 239 g/mol. The van der Waals surface area contributed by atoms with Crippen LogP contribution in [0.15, 0.2) is 22.6 Å². The van der Waals surface area contributed by atoms with E-state index in [-0.39, 0.29) is 11.6 Å². The molecule has 1 aliphatic rings. The number of morpholine rings is 1. The molecular formula is C12H11F2NO2. The summed E-state index contributed by atoms with van der Waals surface area (Å²) >= 11 is 0. The van der Waals surface area contributed by atoms with Gasteiger partial charge in [0.15, 0.2) is 0 Å². The molecule has 3 nitrogen and oxygen atoms in total. The Morgan fingerprint density at radius 3 is 2.88 bits per heavy atom. The first kappa shape index (κ1) is 10.7. The number of benzene rings is 1. The smallest absolute Gasteiger partial charge is 0.140 e. The predicted octanol–water partition coefficient (Wildman–Crippen LogP) is 2.37. The van der Waals surface area contributed by atoms with Crippen molar-refractivity contribution in [1.29, 1.82) is 0 Å². The van der Waals surface area contributed by atoms with Gasteiger partial charge in [0.2, 0.25) is 0 Å². The van der Waals surface area contributed by atoms with Gasteiger partial charge in [-0.05, 0) is 6.07 Å². The summed E-state index contributed by atoms with van der Waals surface area (Å²) in [6, 6.07) is 3.53. The molecule has 1 N–H and O–H groups in total. The molecule has 1 atom stereocenters. The van der Waals surface area contributed by atoms with Crippen LogP contribution in [0.1, 0.15) is 11.8 Å². The van der Waals surface area contributed by atoms with Crippen LogP contribution in [0.5, 0.6) is 0 Å². The Labute approximate surface area is 96.4 Å². The molecule has 0 spiro atoms. The number of fused-ring (bicyclic) bond motifs is 1. The molecule has 1 unspecified atom stereocenters. The van der Waals surface area contributed by atoms with E-state index in [1.54, 1.807) is 6.07 Å². The Hall–Kier alpha value is -1.46. The molecule has 0 amide bonds. The molecule has 0 aliphatic carbocycles. The summed E-state index contributed by atoms with van der Waals surface area (Å²) in [6.45, 7) is 1.85. The minimum atomic E-state index is -0.635. The summed E-state index contributed by atoms with van der Waals surface area (Å²) in [7, 11) is 0. The van der Waals surface area contributed by atoms with Crippen LogP contribution in [0.25, 0.3) is 11.0 Å². The maximum Gasteiger partial charge on any atom is 0.140 e. The Bertz CT molecular complexity index is 547. The van der Waals surface area contributed by atoms with Crippen LogP contribution in [-0.4, -0.2) is 19.8 Å². The fraction of sp³-hybridized carbons (Fsp3) is 0.333. The molecule has 1 aromatic carbocycles. The van der Waals surface area contributed by atoms with Crippen LogP contribution < -0.4 is 5.32 Å². The van der Waals surface area contributed by atoms with Gasteiger partial charge in [-0.15, -0.1) is 0 Å². The third-order valence-electron chi connectivity index (χ3n) is 2.84. The number of nitrogens with one attached hydrogen (secondary N) is 1. The fourth-order valence-electron chi connectivity index (χ4n) is 2.00. The van der Waals surface area contributed by atoms with E-state index in [0.717, 1.165) is 12.6 Å². The number of hydrogen-bond acceptors (Lipinski definition) is 3. The number of furan rings is 1. The lowest BCUT2D eigenvalue weighted by atomic mass is 10.2. The number of halogens is 2. The predicted molar refractivity (Wildman–Crippen MR) is 57.7 cm³/mol. The largest absolute Gasteiger partial charge is 0.459 e. The lowest BCUT2D eigenvalue weighted by molar-refractivity contribution is 0.0705. The van der Waals surface area contributed by atoms with E-state index in [9.17, 15) is 8.78 Å². The van der Waals surface area contributed by atoms with Crippen LogP contribution in [0.3, 0.4) is 0 Å². The molecule has 90 valence electrons. The molecule has 2 aromatic rings. The second-order valence-corrected chi connectivity index (χ2v) is 4.03. The van der Waals surface area contributed by atoms with Crippen molar-refractivity contribution in [3.05, 3.63) is 35.6 Å². The molecule has 1 fully saturated rings. The van der Waals surface area contributed by atoms with Gasteiger partial charge in [0.1, 0.15) is 23.0 Å². The second-order valence-electron chi connectivity index (χ2n) is 4.03. The zero-order valence-electron chi connectivity index (χ0n) is 9.00. The molecule has 1 aromatic heterocycles. The van der Waals surface area contributed by atoms with Crippen LogP contribution in [0.2, 0.25) is 0 Å². The van der Waals surface area contributed by atoms with Crippen molar-refractivity contribution in [2.75, 3.05) is 19.8 Å². The third kappa shape index (κ3) is 1.92. The minimum Gasteiger partial charge on any atom is -0.459 e. The molecule has 1 aliphatic heterocycles. The highest BCUT2D eigenvalue weighted by molar-refractivity contribution is 5.78. The number of ether oxygens (including phenoxy) is 1. The van der Waals surface area contributed by atoms with Crippen molar-refractivity contribution in [2.24, 2.45) is 0 Å². The van der Waals surface area contributed by atoms with Gasteiger partial charge in [0.05, 0.1) is 24.6 Å². The van der Waals surface area contributed by atoms with Gasteiger partial charge in [-0.3, -0.25) is 0 Å². The molecule has 5 heteroatoms. The summed E-state index contributed by atoms with van der Waals surface area (Å²) in [6.07, 6.45) is 0. The highest BCUT2D eigenvalue weighted by atomic mass is 19.1. The van der Waals surface area contributed by atoms with Crippen LogP contribution >= 0.6 is 0 Å². The van der Waals surface area contributed by atoms with E-state index in [0.29, 0.717) is 24.4 Å². The normalized spacial score (nSPS) is 20.9. The Kier molecular flexibility index (Phi) is 2.57. The average Bonchev–Trinajstić information content (AvgIpc) is 2.74. The van der Waals surface area contributed by atoms with Gasteiger partial charge >= 0.3 is 0 Å². The maximum atomic E-state index is 13.5. The first-order valence-electron chi connectivity index (χ1n) is 5.43. The van der Waals surface area contributed by atoms with Crippen molar-refractivity contribution in [1.82, 2.24) is 5.32 Å². The van der Waals surface area contributed by atoms with Gasteiger partial charge in [0, 0.05) is 18.7 Å². The van der Waals surface area contributed by atoms with Crippen LogP contribution in [-0.2, 0) is 4.74 Å². The molecular weight excluding hydrogens is 228 g/mol. The van der Waals surface area contributed by atoms with Gasteiger partial charge < -0.3 is 14.5 Å². The first-order valence-corrected chi connectivity index (χ1v) is 5.43. The summed E-state index contributed by atoms with van der Waals surface area (Å²) < 4.78 is 37.2. The highest BCUT2D eigenvalue weighted by Gasteiger charge is 2.20. The van der Waals surface area contributed by atoms with Crippen molar-refractivity contribution >= 4 is 11.0 Å². The first-order chi connectivity index (χ1) is 8.24. The topological polar surface area (TPSA) is 34.4 Å². The summed E-state index contributed by atoms with van der Waals surface area (Å²) in [5.41, 5.74) is 0.227. The molecule has 1 saturated heterocycles. The van der Waals surface area contributed by atoms with E-state index < -0.39 is 11.6 Å². The maximum absolute atomic E-state index is 13.5. The Morgan fingerprint density at radius 1 is 1.24 bits per heavy atom. The Balaban J connectivity index is 2.03. The van der Waals surface area contributed by atoms with Gasteiger partial charge in [-0.25, -0.2) is 8.78 Å².